The van der Waals surface area contributed by atoms with Crippen LogP contribution in [0, 0.1) is 3.57 Å². The van der Waals surface area contributed by atoms with Crippen molar-refractivity contribution in [3.05, 3.63) is 112 Å². The van der Waals surface area contributed by atoms with Gasteiger partial charge in [0.25, 0.3) is 5.56 Å². The summed E-state index contributed by atoms with van der Waals surface area (Å²) in [6, 6.07) is 19.7. The van der Waals surface area contributed by atoms with Gasteiger partial charge in [-0.1, -0.05) is 53.8 Å². The Morgan fingerprint density at radius 1 is 1.02 bits per heavy atom. The summed E-state index contributed by atoms with van der Waals surface area (Å²) in [4.78, 5) is 33.0. The quantitative estimate of drug-likeness (QED) is 0.200. The van der Waals surface area contributed by atoms with E-state index in [1.807, 2.05) is 66.7 Å². The number of ether oxygens (including phenoxy) is 4. The maximum Gasteiger partial charge on any atom is 0.338 e. The van der Waals surface area contributed by atoms with Crippen LogP contribution < -0.4 is 29.1 Å². The van der Waals surface area contributed by atoms with E-state index in [2.05, 4.69) is 22.6 Å². The van der Waals surface area contributed by atoms with E-state index >= 15 is 0 Å². The Morgan fingerprint density at radius 2 is 1.76 bits per heavy atom. The van der Waals surface area contributed by atoms with Gasteiger partial charge in [0.15, 0.2) is 16.3 Å². The summed E-state index contributed by atoms with van der Waals surface area (Å²) in [5.74, 6) is 1.32. The molecule has 0 spiro atoms. The van der Waals surface area contributed by atoms with Gasteiger partial charge in [-0.25, -0.2) is 9.79 Å². The summed E-state index contributed by atoms with van der Waals surface area (Å²) in [5, 5.41) is 0. The first-order valence-electron chi connectivity index (χ1n) is 12.7. The molecular formula is C31H27IN2O6S. The standard InChI is InChI=1S/C31H27IN2O6S/c1-5-40-30(36)25-26(19-9-7-6-8-10-19)33-31-34(27(25)20-11-13-21(37-2)14-12-20)29(35)24(41-31)17-18-15-22(32)28(39-4)23(16-18)38-3/h6-17,27H,5H2,1-4H3/b24-17-/t27-/m0/s1. The number of carbonyl (C=O) groups is 1. The largest absolute Gasteiger partial charge is 0.497 e. The van der Waals surface area contributed by atoms with E-state index in [1.54, 1.807) is 38.9 Å². The zero-order valence-electron chi connectivity index (χ0n) is 22.8. The molecule has 1 atom stereocenters. The highest BCUT2D eigenvalue weighted by molar-refractivity contribution is 14.1. The van der Waals surface area contributed by atoms with Crippen LogP contribution in [0.2, 0.25) is 0 Å². The Balaban J connectivity index is 1.80. The highest BCUT2D eigenvalue weighted by atomic mass is 127. The third-order valence-electron chi connectivity index (χ3n) is 6.56. The summed E-state index contributed by atoms with van der Waals surface area (Å²) in [6.07, 6.45) is 1.80. The molecule has 0 saturated carbocycles. The number of esters is 1. The van der Waals surface area contributed by atoms with Gasteiger partial charge in [-0.15, -0.1) is 0 Å². The third kappa shape index (κ3) is 5.53. The fourth-order valence-electron chi connectivity index (χ4n) is 4.71. The molecule has 0 bridgehead atoms. The summed E-state index contributed by atoms with van der Waals surface area (Å²) < 4.78 is 24.7. The third-order valence-corrected chi connectivity index (χ3v) is 8.34. The number of fused-ring (bicyclic) bond motifs is 1. The van der Waals surface area contributed by atoms with E-state index in [9.17, 15) is 9.59 Å². The SMILES string of the molecule is CCOC(=O)C1=C(c2ccccc2)N=c2s/c(=C\c3cc(I)c(OC)c(OC)c3)c(=O)n2[C@H]1c1ccc(OC)cc1. The Hall–Kier alpha value is -3.90. The predicted molar refractivity (Wildman–Crippen MR) is 166 cm³/mol. The number of hydrogen-bond donors (Lipinski definition) is 0. The number of hydrogen-bond acceptors (Lipinski definition) is 8. The average molecular weight is 683 g/mol. The van der Waals surface area contributed by atoms with Gasteiger partial charge in [0, 0.05) is 5.56 Å². The average Bonchev–Trinajstić information content (AvgIpc) is 3.30. The van der Waals surface area contributed by atoms with Gasteiger partial charge in [0.2, 0.25) is 0 Å². The van der Waals surface area contributed by atoms with Crippen LogP contribution in [0.1, 0.15) is 29.7 Å². The zero-order valence-corrected chi connectivity index (χ0v) is 25.8. The molecule has 1 aliphatic rings. The van der Waals surface area contributed by atoms with E-state index in [4.69, 9.17) is 23.9 Å². The van der Waals surface area contributed by atoms with Gasteiger partial charge >= 0.3 is 5.97 Å². The summed E-state index contributed by atoms with van der Waals surface area (Å²) in [5.41, 5.74) is 2.74. The highest BCUT2D eigenvalue weighted by Gasteiger charge is 2.35. The molecule has 2 heterocycles. The predicted octanol–water partition coefficient (Wildman–Crippen LogP) is 4.57. The van der Waals surface area contributed by atoms with Crippen molar-refractivity contribution in [1.82, 2.24) is 4.57 Å². The van der Waals surface area contributed by atoms with Crippen molar-refractivity contribution in [3.8, 4) is 17.2 Å². The van der Waals surface area contributed by atoms with Gasteiger partial charge in [-0.3, -0.25) is 9.36 Å². The first-order chi connectivity index (χ1) is 19.9. The van der Waals surface area contributed by atoms with Crippen molar-refractivity contribution in [2.24, 2.45) is 4.99 Å². The second-order valence-corrected chi connectivity index (χ2v) is 11.1. The van der Waals surface area contributed by atoms with Crippen molar-refractivity contribution in [2.45, 2.75) is 13.0 Å². The Kier molecular flexibility index (Phi) is 8.60. The van der Waals surface area contributed by atoms with E-state index < -0.39 is 12.0 Å². The van der Waals surface area contributed by atoms with Crippen LogP contribution in [0.5, 0.6) is 17.2 Å². The van der Waals surface area contributed by atoms with Gasteiger partial charge in [0.05, 0.1) is 53.4 Å². The molecule has 4 aromatic rings. The molecule has 1 aliphatic heterocycles. The molecule has 0 unspecified atom stereocenters. The molecule has 3 aromatic carbocycles. The minimum Gasteiger partial charge on any atom is -0.497 e. The van der Waals surface area contributed by atoms with E-state index in [0.717, 1.165) is 20.3 Å². The van der Waals surface area contributed by atoms with Crippen LogP contribution in [-0.2, 0) is 9.53 Å². The first kappa shape index (κ1) is 28.6. The van der Waals surface area contributed by atoms with Crippen molar-refractivity contribution in [2.75, 3.05) is 27.9 Å². The molecule has 0 saturated heterocycles. The molecule has 0 fully saturated rings. The monoisotopic (exact) mass is 682 g/mol. The summed E-state index contributed by atoms with van der Waals surface area (Å²) >= 11 is 3.44. The first-order valence-corrected chi connectivity index (χ1v) is 14.6. The summed E-state index contributed by atoms with van der Waals surface area (Å²) in [7, 11) is 4.75. The lowest BCUT2D eigenvalue weighted by Gasteiger charge is -2.26. The van der Waals surface area contributed by atoms with E-state index in [1.165, 1.54) is 11.3 Å². The van der Waals surface area contributed by atoms with Crippen LogP contribution in [0.15, 0.2) is 82.1 Å². The second-order valence-electron chi connectivity index (χ2n) is 8.94. The number of aromatic nitrogens is 1. The van der Waals surface area contributed by atoms with Crippen LogP contribution in [0.25, 0.3) is 11.8 Å². The van der Waals surface area contributed by atoms with Crippen molar-refractivity contribution in [1.29, 1.82) is 0 Å². The van der Waals surface area contributed by atoms with Crippen molar-refractivity contribution >= 4 is 51.7 Å². The van der Waals surface area contributed by atoms with Crippen LogP contribution in [0.3, 0.4) is 0 Å². The fraction of sp³-hybridized carbons (Fsp3) is 0.194. The molecule has 0 amide bonds. The second kappa shape index (κ2) is 12.3. The molecule has 41 heavy (non-hydrogen) atoms. The lowest BCUT2D eigenvalue weighted by molar-refractivity contribution is -0.138. The topological polar surface area (TPSA) is 88.4 Å². The molecule has 210 valence electrons. The molecule has 0 N–H and O–H groups in total. The van der Waals surface area contributed by atoms with Crippen LogP contribution in [-0.4, -0.2) is 38.5 Å². The Labute approximate surface area is 254 Å². The zero-order chi connectivity index (χ0) is 29.1. The molecule has 5 rings (SSSR count). The van der Waals surface area contributed by atoms with Gasteiger partial charge in [0.1, 0.15) is 5.75 Å². The number of carbonyl (C=O) groups excluding carboxylic acids is 1. The number of halogens is 1. The minimum atomic E-state index is -0.765. The lowest BCUT2D eigenvalue weighted by Crippen LogP contribution is -2.40. The number of nitrogens with zero attached hydrogens (tertiary/aromatic N) is 2. The molecule has 10 heteroatoms. The summed E-state index contributed by atoms with van der Waals surface area (Å²) in [6.45, 7) is 1.94. The normalized spacial score (nSPS) is 14.8. The molecule has 8 nitrogen and oxygen atoms in total. The highest BCUT2D eigenvalue weighted by Crippen LogP contribution is 2.36. The fourth-order valence-corrected chi connectivity index (χ4v) is 6.56. The number of benzene rings is 3. The number of methoxy groups -OCH3 is 3. The maximum atomic E-state index is 14.1. The minimum absolute atomic E-state index is 0.183. The molecule has 0 aliphatic carbocycles. The Bertz CT molecular complexity index is 1810. The van der Waals surface area contributed by atoms with Gasteiger partial charge in [-0.05, 0) is 71.0 Å². The molecule has 0 radical (unpaired) electrons. The number of thiazole rings is 1. The van der Waals surface area contributed by atoms with Gasteiger partial charge < -0.3 is 18.9 Å². The van der Waals surface area contributed by atoms with Crippen LogP contribution >= 0.6 is 33.9 Å². The number of rotatable bonds is 8. The Morgan fingerprint density at radius 3 is 2.39 bits per heavy atom. The van der Waals surface area contributed by atoms with Crippen molar-refractivity contribution in [3.63, 3.8) is 0 Å². The van der Waals surface area contributed by atoms with Crippen molar-refractivity contribution < 1.29 is 23.7 Å². The lowest BCUT2D eigenvalue weighted by atomic mass is 9.93. The smallest absolute Gasteiger partial charge is 0.338 e. The van der Waals surface area contributed by atoms with E-state index in [-0.39, 0.29) is 12.2 Å². The molecular weight excluding hydrogens is 655 g/mol. The van der Waals surface area contributed by atoms with Crippen LogP contribution in [0.4, 0.5) is 0 Å². The van der Waals surface area contributed by atoms with Gasteiger partial charge in [-0.2, -0.15) is 0 Å². The maximum absolute atomic E-state index is 14.1. The van der Waals surface area contributed by atoms with E-state index in [0.29, 0.717) is 37.9 Å². The molecule has 1 aromatic heterocycles.